The van der Waals surface area contributed by atoms with Crippen molar-refractivity contribution in [3.05, 3.63) is 0 Å². The molecule has 0 saturated carbocycles. The van der Waals surface area contributed by atoms with Crippen LogP contribution in [0.3, 0.4) is 0 Å². The van der Waals surface area contributed by atoms with Gasteiger partial charge in [0.15, 0.2) is 0 Å². The summed E-state index contributed by atoms with van der Waals surface area (Å²) in [7, 11) is -3.00. The first kappa shape index (κ1) is 15.4. The average Bonchev–Trinajstić information content (AvgIpc) is 2.14. The second kappa shape index (κ2) is 6.21. The van der Waals surface area contributed by atoms with Gasteiger partial charge in [-0.05, 0) is 40.0 Å². The Balaban J connectivity index is 3.98. The number of nitriles is 1. The van der Waals surface area contributed by atoms with Gasteiger partial charge in [-0.2, -0.15) is 5.26 Å². The lowest BCUT2D eigenvalue weighted by atomic mass is 9.90. The van der Waals surface area contributed by atoms with Gasteiger partial charge in [-0.3, -0.25) is 0 Å². The van der Waals surface area contributed by atoms with Gasteiger partial charge in [-0.25, -0.2) is 8.42 Å². The molecule has 0 rings (SSSR count). The molecule has 16 heavy (non-hydrogen) atoms. The maximum atomic E-state index is 11.6. The van der Waals surface area contributed by atoms with E-state index in [0.29, 0.717) is 19.3 Å². The molecule has 5 heteroatoms. The van der Waals surface area contributed by atoms with E-state index in [1.54, 1.807) is 6.92 Å². The third-order valence-corrected chi connectivity index (χ3v) is 4.21. The summed E-state index contributed by atoms with van der Waals surface area (Å²) in [5.41, 5.74) is 5.08. The summed E-state index contributed by atoms with van der Waals surface area (Å²) in [4.78, 5) is 0. The molecule has 4 nitrogen and oxygen atoms in total. The van der Waals surface area contributed by atoms with Gasteiger partial charge in [0, 0.05) is 6.04 Å². The first-order chi connectivity index (χ1) is 7.18. The molecular formula is C11H22N2O2S. The lowest BCUT2D eigenvalue weighted by Crippen LogP contribution is -2.22. The van der Waals surface area contributed by atoms with Crippen LogP contribution >= 0.6 is 0 Å². The molecular weight excluding hydrogens is 224 g/mol. The Morgan fingerprint density at radius 3 is 2.38 bits per heavy atom. The van der Waals surface area contributed by atoms with Crippen molar-refractivity contribution in [2.24, 2.45) is 11.1 Å². The highest BCUT2D eigenvalue weighted by molar-refractivity contribution is 7.91. The zero-order valence-electron chi connectivity index (χ0n) is 10.4. The molecule has 0 saturated heterocycles. The maximum Gasteiger partial charge on any atom is 0.150 e. The van der Waals surface area contributed by atoms with Crippen LogP contribution in [0.4, 0.5) is 0 Å². The van der Waals surface area contributed by atoms with Crippen LogP contribution in [0.15, 0.2) is 0 Å². The molecule has 0 heterocycles. The van der Waals surface area contributed by atoms with E-state index < -0.39 is 15.3 Å². The van der Waals surface area contributed by atoms with Crippen molar-refractivity contribution in [1.82, 2.24) is 0 Å². The third-order valence-electron chi connectivity index (χ3n) is 2.44. The zero-order valence-corrected chi connectivity index (χ0v) is 11.2. The first-order valence-corrected chi connectivity index (χ1v) is 7.38. The van der Waals surface area contributed by atoms with Gasteiger partial charge < -0.3 is 5.73 Å². The molecule has 0 bridgehead atoms. The highest BCUT2D eigenvalue weighted by Crippen LogP contribution is 2.21. The number of nitrogens with two attached hydrogens (primary N) is 1. The molecule has 0 aliphatic heterocycles. The Kier molecular flexibility index (Phi) is 5.98. The SMILES string of the molecule is CC(N)CCS(=O)(=O)CCCC(C)(C)C#N. The van der Waals surface area contributed by atoms with E-state index in [-0.39, 0.29) is 17.5 Å². The fourth-order valence-corrected chi connectivity index (χ4v) is 2.78. The molecule has 1 atom stereocenters. The van der Waals surface area contributed by atoms with E-state index in [9.17, 15) is 8.42 Å². The zero-order chi connectivity index (χ0) is 12.8. The number of sulfone groups is 1. The highest BCUT2D eigenvalue weighted by atomic mass is 32.2. The van der Waals surface area contributed by atoms with E-state index in [4.69, 9.17) is 11.0 Å². The molecule has 0 fully saturated rings. The van der Waals surface area contributed by atoms with E-state index in [1.165, 1.54) is 0 Å². The maximum absolute atomic E-state index is 11.6. The molecule has 0 aliphatic carbocycles. The first-order valence-electron chi connectivity index (χ1n) is 5.56. The molecule has 0 spiro atoms. The second-order valence-electron chi connectivity index (χ2n) is 5.02. The van der Waals surface area contributed by atoms with Crippen LogP contribution in [-0.2, 0) is 9.84 Å². The van der Waals surface area contributed by atoms with Gasteiger partial charge in [0.1, 0.15) is 9.84 Å². The molecule has 0 aliphatic rings. The predicted molar refractivity (Wildman–Crippen MR) is 65.5 cm³/mol. The van der Waals surface area contributed by atoms with Gasteiger partial charge >= 0.3 is 0 Å². The van der Waals surface area contributed by atoms with Gasteiger partial charge in [-0.1, -0.05) is 0 Å². The lowest BCUT2D eigenvalue weighted by Gasteiger charge is -2.14. The molecule has 1 unspecified atom stereocenters. The molecule has 2 N–H and O–H groups in total. The Morgan fingerprint density at radius 2 is 1.94 bits per heavy atom. The summed E-state index contributed by atoms with van der Waals surface area (Å²) in [5.74, 6) is 0.308. The van der Waals surface area contributed by atoms with Crippen molar-refractivity contribution in [3.8, 4) is 6.07 Å². The monoisotopic (exact) mass is 246 g/mol. The van der Waals surface area contributed by atoms with Gasteiger partial charge in [-0.15, -0.1) is 0 Å². The quantitative estimate of drug-likeness (QED) is 0.737. The van der Waals surface area contributed by atoms with Crippen molar-refractivity contribution in [2.75, 3.05) is 11.5 Å². The Bertz CT molecular complexity index is 339. The molecule has 94 valence electrons. The second-order valence-corrected chi connectivity index (χ2v) is 7.32. The fourth-order valence-electron chi connectivity index (χ4n) is 1.26. The molecule has 0 aromatic heterocycles. The van der Waals surface area contributed by atoms with Crippen LogP contribution in [0.1, 0.15) is 40.0 Å². The van der Waals surface area contributed by atoms with Crippen molar-refractivity contribution in [2.45, 2.75) is 46.1 Å². The Morgan fingerprint density at radius 1 is 1.38 bits per heavy atom. The van der Waals surface area contributed by atoms with Gasteiger partial charge in [0.2, 0.25) is 0 Å². The molecule has 0 radical (unpaired) electrons. The normalized spacial score (nSPS) is 14.4. The predicted octanol–water partition coefficient (Wildman–Crippen LogP) is 1.47. The van der Waals surface area contributed by atoms with Crippen LogP contribution in [0.2, 0.25) is 0 Å². The fraction of sp³-hybridized carbons (Fsp3) is 0.909. The third kappa shape index (κ3) is 7.66. The molecule has 0 aromatic carbocycles. The minimum Gasteiger partial charge on any atom is -0.328 e. The van der Waals surface area contributed by atoms with Crippen LogP contribution in [0.25, 0.3) is 0 Å². The van der Waals surface area contributed by atoms with E-state index in [2.05, 4.69) is 6.07 Å². The van der Waals surface area contributed by atoms with Crippen LogP contribution < -0.4 is 5.73 Å². The summed E-state index contributed by atoms with van der Waals surface area (Å²) >= 11 is 0. The summed E-state index contributed by atoms with van der Waals surface area (Å²) in [6.45, 7) is 5.44. The summed E-state index contributed by atoms with van der Waals surface area (Å²) in [6, 6.07) is 2.08. The van der Waals surface area contributed by atoms with Crippen molar-refractivity contribution in [1.29, 1.82) is 5.26 Å². The van der Waals surface area contributed by atoms with E-state index in [0.717, 1.165) is 0 Å². The standard InChI is InChI=1S/C11H22N2O2S/c1-10(13)5-8-16(14,15)7-4-6-11(2,3)9-12/h10H,4-8,13H2,1-3H3. The van der Waals surface area contributed by atoms with E-state index >= 15 is 0 Å². The topological polar surface area (TPSA) is 84.0 Å². The van der Waals surface area contributed by atoms with Gasteiger partial charge in [0.25, 0.3) is 0 Å². The lowest BCUT2D eigenvalue weighted by molar-refractivity contribution is 0.445. The minimum absolute atomic E-state index is 0.0784. The Hall–Kier alpha value is -0.600. The molecule has 0 aromatic rings. The van der Waals surface area contributed by atoms with Crippen LogP contribution in [-0.4, -0.2) is 26.0 Å². The molecule has 0 amide bonds. The van der Waals surface area contributed by atoms with Crippen molar-refractivity contribution >= 4 is 9.84 Å². The van der Waals surface area contributed by atoms with E-state index in [1.807, 2.05) is 13.8 Å². The van der Waals surface area contributed by atoms with Crippen LogP contribution in [0.5, 0.6) is 0 Å². The van der Waals surface area contributed by atoms with Crippen LogP contribution in [0, 0.1) is 16.7 Å². The highest BCUT2D eigenvalue weighted by Gasteiger charge is 2.18. The number of hydrogen-bond donors (Lipinski definition) is 1. The Labute approximate surface area is 98.7 Å². The average molecular weight is 246 g/mol. The number of nitrogens with zero attached hydrogens (tertiary/aromatic N) is 1. The van der Waals surface area contributed by atoms with Gasteiger partial charge in [0.05, 0.1) is 23.0 Å². The minimum atomic E-state index is -3.00. The number of rotatable bonds is 7. The number of hydrogen-bond acceptors (Lipinski definition) is 4. The van der Waals surface area contributed by atoms with Crippen molar-refractivity contribution < 1.29 is 8.42 Å². The smallest absolute Gasteiger partial charge is 0.150 e. The summed E-state index contributed by atoms with van der Waals surface area (Å²) in [5, 5.41) is 8.78. The van der Waals surface area contributed by atoms with Crippen molar-refractivity contribution in [3.63, 3.8) is 0 Å². The largest absolute Gasteiger partial charge is 0.328 e. The summed E-state index contributed by atoms with van der Waals surface area (Å²) in [6.07, 6.45) is 1.66. The summed E-state index contributed by atoms with van der Waals surface area (Å²) < 4.78 is 23.1.